The lowest BCUT2D eigenvalue weighted by Crippen LogP contribution is -2.07. The van der Waals surface area contributed by atoms with Crippen molar-refractivity contribution in [2.45, 2.75) is 13.5 Å². The van der Waals surface area contributed by atoms with Gasteiger partial charge < -0.3 is 18.1 Å². The number of rotatable bonds is 6. The largest absolute Gasteiger partial charge is 0.463 e. The monoisotopic (exact) mass is 447 g/mol. The minimum Gasteiger partial charge on any atom is -0.463 e. The summed E-state index contributed by atoms with van der Waals surface area (Å²) in [6, 6.07) is 10.6. The van der Waals surface area contributed by atoms with E-state index < -0.39 is 10.9 Å². The summed E-state index contributed by atoms with van der Waals surface area (Å²) in [5.41, 5.74) is 1.66. The Morgan fingerprint density at radius 3 is 2.73 bits per heavy atom. The molecule has 4 aromatic heterocycles. The van der Waals surface area contributed by atoms with E-state index in [0.717, 1.165) is 0 Å². The molecule has 33 heavy (non-hydrogen) atoms. The van der Waals surface area contributed by atoms with Gasteiger partial charge in [0.25, 0.3) is 17.3 Å². The van der Waals surface area contributed by atoms with Crippen molar-refractivity contribution in [2.75, 3.05) is 0 Å². The van der Waals surface area contributed by atoms with E-state index in [0.29, 0.717) is 28.1 Å². The lowest BCUT2D eigenvalue weighted by atomic mass is 10.1. The highest BCUT2D eigenvalue weighted by molar-refractivity contribution is 6.04. The Labute approximate surface area is 183 Å². The van der Waals surface area contributed by atoms with Crippen LogP contribution in [0.15, 0.2) is 62.1 Å². The lowest BCUT2D eigenvalue weighted by Gasteiger charge is -2.05. The summed E-state index contributed by atoms with van der Waals surface area (Å²) in [6.07, 6.45) is 1.49. The first-order chi connectivity index (χ1) is 16.0. The van der Waals surface area contributed by atoms with Crippen molar-refractivity contribution in [3.05, 3.63) is 76.0 Å². The van der Waals surface area contributed by atoms with E-state index in [1.807, 2.05) is 0 Å². The molecule has 0 fully saturated rings. The number of hydrogen-bond acceptors (Lipinski definition) is 11. The van der Waals surface area contributed by atoms with E-state index in [2.05, 4.69) is 20.3 Å². The summed E-state index contributed by atoms with van der Waals surface area (Å²) in [4.78, 5) is 27.5. The number of non-ortho nitro benzene ring substituents is 1. The highest BCUT2D eigenvalue weighted by atomic mass is 16.6. The summed E-state index contributed by atoms with van der Waals surface area (Å²) in [5, 5.41) is 22.8. The predicted molar refractivity (Wildman–Crippen MR) is 110 cm³/mol. The summed E-state index contributed by atoms with van der Waals surface area (Å²) in [6.45, 7) is 1.40. The first-order valence-electron chi connectivity index (χ1n) is 9.55. The Hall–Kier alpha value is -4.87. The standard InChI is InChI=1S/C21H13N5O7/c1-11-18-14(9-15(16-3-2-8-30-16)22-20(18)33-25-11)21(27)31-10-17-23-24-19(32-17)12-4-6-13(7-5-12)26(28)29/h2-9H,10H2,1H3. The van der Waals surface area contributed by atoms with Gasteiger partial charge in [0.05, 0.1) is 27.8 Å². The Morgan fingerprint density at radius 1 is 1.18 bits per heavy atom. The van der Waals surface area contributed by atoms with Crippen LogP contribution in [0, 0.1) is 17.0 Å². The topological polar surface area (TPSA) is 160 Å². The summed E-state index contributed by atoms with van der Waals surface area (Å²) in [7, 11) is 0. The van der Waals surface area contributed by atoms with E-state index in [1.165, 1.54) is 36.6 Å². The molecule has 12 heteroatoms. The highest BCUT2D eigenvalue weighted by Crippen LogP contribution is 2.28. The maximum absolute atomic E-state index is 12.9. The number of nitrogens with zero attached hydrogens (tertiary/aromatic N) is 5. The second kappa shape index (κ2) is 8.00. The van der Waals surface area contributed by atoms with E-state index in [1.54, 1.807) is 19.1 Å². The van der Waals surface area contributed by atoms with Crippen molar-refractivity contribution in [3.8, 4) is 22.9 Å². The van der Waals surface area contributed by atoms with Gasteiger partial charge in [-0.05, 0) is 37.3 Å². The van der Waals surface area contributed by atoms with Crippen molar-refractivity contribution in [1.82, 2.24) is 20.3 Å². The zero-order valence-corrected chi connectivity index (χ0v) is 16.9. The number of fused-ring (bicyclic) bond motifs is 1. The van der Waals surface area contributed by atoms with Crippen molar-refractivity contribution in [3.63, 3.8) is 0 Å². The normalized spacial score (nSPS) is 11.1. The minimum absolute atomic E-state index is 0.0512. The first-order valence-corrected chi connectivity index (χ1v) is 9.55. The van der Waals surface area contributed by atoms with Gasteiger partial charge in [-0.15, -0.1) is 10.2 Å². The van der Waals surface area contributed by atoms with Gasteiger partial charge >= 0.3 is 5.97 Å². The first kappa shape index (κ1) is 20.1. The molecule has 0 N–H and O–H groups in total. The van der Waals surface area contributed by atoms with Gasteiger partial charge in [0, 0.05) is 17.7 Å². The van der Waals surface area contributed by atoms with Gasteiger partial charge in [-0.25, -0.2) is 9.78 Å². The molecule has 0 radical (unpaired) electrons. The number of aryl methyl sites for hydroxylation is 1. The molecule has 12 nitrogen and oxygen atoms in total. The van der Waals surface area contributed by atoms with Crippen LogP contribution >= 0.6 is 0 Å². The smallest absolute Gasteiger partial charge is 0.339 e. The molecule has 5 aromatic rings. The molecule has 4 heterocycles. The highest BCUT2D eigenvalue weighted by Gasteiger charge is 2.22. The van der Waals surface area contributed by atoms with Crippen LogP contribution in [-0.4, -0.2) is 31.2 Å². The van der Waals surface area contributed by atoms with Crippen LogP contribution < -0.4 is 0 Å². The Balaban J connectivity index is 1.36. The molecule has 0 aliphatic rings. The third kappa shape index (κ3) is 3.80. The molecule has 0 bridgehead atoms. The molecule has 0 saturated heterocycles. The maximum Gasteiger partial charge on any atom is 0.339 e. The Morgan fingerprint density at radius 2 is 2.00 bits per heavy atom. The number of nitro benzene ring substituents is 1. The van der Waals surface area contributed by atoms with Gasteiger partial charge in [0.2, 0.25) is 5.89 Å². The van der Waals surface area contributed by atoms with E-state index in [4.69, 9.17) is 18.1 Å². The zero-order chi connectivity index (χ0) is 22.9. The van der Waals surface area contributed by atoms with Crippen molar-refractivity contribution >= 4 is 22.8 Å². The third-order valence-corrected chi connectivity index (χ3v) is 4.73. The molecular weight excluding hydrogens is 434 g/mol. The zero-order valence-electron chi connectivity index (χ0n) is 16.9. The quantitative estimate of drug-likeness (QED) is 0.209. The summed E-state index contributed by atoms with van der Waals surface area (Å²) < 4.78 is 21.5. The van der Waals surface area contributed by atoms with Crippen molar-refractivity contribution in [2.24, 2.45) is 0 Å². The number of benzene rings is 1. The summed E-state index contributed by atoms with van der Waals surface area (Å²) >= 11 is 0. The van der Waals surface area contributed by atoms with E-state index in [-0.39, 0.29) is 35.4 Å². The van der Waals surface area contributed by atoms with Gasteiger partial charge in [-0.2, -0.15) is 0 Å². The number of esters is 1. The molecule has 164 valence electrons. The van der Waals surface area contributed by atoms with Crippen LogP contribution in [0.25, 0.3) is 34.0 Å². The molecule has 0 amide bonds. The molecule has 1 aromatic carbocycles. The van der Waals surface area contributed by atoms with Crippen molar-refractivity contribution < 1.29 is 27.8 Å². The van der Waals surface area contributed by atoms with Crippen LogP contribution in [0.2, 0.25) is 0 Å². The Bertz CT molecular complexity index is 1470. The van der Waals surface area contributed by atoms with Gasteiger partial charge in [-0.3, -0.25) is 10.1 Å². The Kier molecular flexibility index (Phi) is 4.86. The maximum atomic E-state index is 12.9. The van der Waals surface area contributed by atoms with Gasteiger partial charge in [0.1, 0.15) is 5.69 Å². The fourth-order valence-corrected chi connectivity index (χ4v) is 3.17. The van der Waals surface area contributed by atoms with Gasteiger partial charge in [0.15, 0.2) is 12.4 Å². The van der Waals surface area contributed by atoms with Crippen molar-refractivity contribution in [1.29, 1.82) is 0 Å². The number of nitro groups is 1. The van der Waals surface area contributed by atoms with Gasteiger partial charge in [-0.1, -0.05) is 5.16 Å². The molecular formula is C21H13N5O7. The summed E-state index contributed by atoms with van der Waals surface area (Å²) in [5.74, 6) is -0.0335. The third-order valence-electron chi connectivity index (χ3n) is 4.73. The molecule has 0 unspecified atom stereocenters. The number of furan rings is 1. The molecule has 5 rings (SSSR count). The van der Waals surface area contributed by atoms with Crippen LogP contribution in [0.1, 0.15) is 21.9 Å². The number of pyridine rings is 1. The number of carbonyl (C=O) groups excluding carboxylic acids is 1. The predicted octanol–water partition coefficient (Wildman–Crippen LogP) is 4.11. The second-order valence-corrected chi connectivity index (χ2v) is 6.86. The van der Waals surface area contributed by atoms with Crippen LogP contribution in [0.5, 0.6) is 0 Å². The minimum atomic E-state index is -0.670. The number of carbonyl (C=O) groups is 1. The SMILES string of the molecule is Cc1noc2nc(-c3ccco3)cc(C(=O)OCc3nnc(-c4ccc([N+](=O)[O-])cc4)o3)c12. The van der Waals surface area contributed by atoms with Crippen LogP contribution in [0.4, 0.5) is 5.69 Å². The number of ether oxygens (including phenoxy) is 1. The molecule has 0 aliphatic carbocycles. The molecule has 0 atom stereocenters. The fourth-order valence-electron chi connectivity index (χ4n) is 3.17. The number of hydrogen-bond donors (Lipinski definition) is 0. The van der Waals surface area contributed by atoms with E-state index in [9.17, 15) is 14.9 Å². The molecule has 0 aliphatic heterocycles. The second-order valence-electron chi connectivity index (χ2n) is 6.86. The van der Waals surface area contributed by atoms with Crippen LogP contribution in [0.3, 0.4) is 0 Å². The number of aromatic nitrogens is 4. The average Bonchev–Trinajstić information content (AvgIpc) is 3.59. The molecule has 0 spiro atoms. The van der Waals surface area contributed by atoms with Crippen LogP contribution in [-0.2, 0) is 11.3 Å². The molecule has 0 saturated carbocycles. The fraction of sp³-hybridized carbons (Fsp3) is 0.0952. The lowest BCUT2D eigenvalue weighted by molar-refractivity contribution is -0.384. The van der Waals surface area contributed by atoms with E-state index >= 15 is 0 Å². The average molecular weight is 447 g/mol.